The molecule has 1 aliphatic carbocycles. The first-order chi connectivity index (χ1) is 18.1. The summed E-state index contributed by atoms with van der Waals surface area (Å²) in [6.45, 7) is 1.87. The molecule has 2 N–H and O–H groups in total. The van der Waals surface area contributed by atoms with Crippen LogP contribution in [0.1, 0.15) is 68.7 Å². The molecule has 2 aliphatic rings. The molecule has 8 nitrogen and oxygen atoms in total. The highest BCUT2D eigenvalue weighted by Crippen LogP contribution is 2.47. The van der Waals surface area contributed by atoms with Gasteiger partial charge < -0.3 is 20.1 Å². The Kier molecular flexibility index (Phi) is 7.16. The van der Waals surface area contributed by atoms with Crippen LogP contribution in [0.3, 0.4) is 0 Å². The fourth-order valence-corrected chi connectivity index (χ4v) is 6.69. The van der Waals surface area contributed by atoms with E-state index in [1.165, 1.54) is 18.4 Å². The Morgan fingerprint density at radius 3 is 2.66 bits per heavy atom. The number of aryl methyl sites for hydroxylation is 1. The number of alkyl halides is 3. The van der Waals surface area contributed by atoms with Gasteiger partial charge in [0.2, 0.25) is 0 Å². The zero-order chi connectivity index (χ0) is 27.2. The molecule has 0 spiro atoms. The lowest BCUT2D eigenvalue weighted by atomic mass is 9.97. The smallest absolute Gasteiger partial charge is 0.410 e. The van der Waals surface area contributed by atoms with Gasteiger partial charge in [0.1, 0.15) is 16.6 Å². The normalized spacial score (nSPS) is 18.4. The lowest BCUT2D eigenvalue weighted by Crippen LogP contribution is -2.35. The Balaban J connectivity index is 1.48. The van der Waals surface area contributed by atoms with Crippen LogP contribution in [0, 0.1) is 0 Å². The van der Waals surface area contributed by atoms with E-state index in [4.69, 9.17) is 9.47 Å². The Morgan fingerprint density at radius 2 is 2.00 bits per heavy atom. The van der Waals surface area contributed by atoms with Gasteiger partial charge in [-0.15, -0.1) is 11.3 Å². The Hall–Kier alpha value is -3.06. The van der Waals surface area contributed by atoms with Crippen molar-refractivity contribution in [1.82, 2.24) is 9.78 Å². The number of hydrogen-bond acceptors (Lipinski definition) is 7. The summed E-state index contributed by atoms with van der Waals surface area (Å²) < 4.78 is 53.7. The van der Waals surface area contributed by atoms with Gasteiger partial charge in [-0.2, -0.15) is 18.3 Å². The number of hydrogen-bond donors (Lipinski definition) is 2. The Morgan fingerprint density at radius 1 is 1.26 bits per heavy atom. The number of amides is 1. The topological polar surface area (TPSA) is 94.5 Å². The van der Waals surface area contributed by atoms with E-state index in [0.29, 0.717) is 28.3 Å². The maximum Gasteiger partial charge on any atom is 0.410 e. The second-order valence-electron chi connectivity index (χ2n) is 8.96. The predicted molar refractivity (Wildman–Crippen MR) is 139 cm³/mol. The van der Waals surface area contributed by atoms with E-state index in [1.807, 2.05) is 0 Å². The SMILES string of the molecule is CCOC(=O)c1c(NC(=O)c2nn3c(c2Br)N[C@@H](c2ccc(OC)cc2)C[C@@H]3C(F)(F)F)sc2c1CCC2. The number of nitrogens with one attached hydrogen (secondary N) is 2. The highest BCUT2D eigenvalue weighted by atomic mass is 79.9. The molecule has 0 radical (unpaired) electrons. The minimum atomic E-state index is -4.60. The van der Waals surface area contributed by atoms with E-state index >= 15 is 0 Å². The summed E-state index contributed by atoms with van der Waals surface area (Å²) in [5.41, 5.74) is 1.58. The summed E-state index contributed by atoms with van der Waals surface area (Å²) in [5.74, 6) is -0.632. The number of aromatic nitrogens is 2. The van der Waals surface area contributed by atoms with Gasteiger partial charge in [-0.1, -0.05) is 12.1 Å². The molecule has 38 heavy (non-hydrogen) atoms. The maximum atomic E-state index is 14.1. The van der Waals surface area contributed by atoms with Crippen LogP contribution in [-0.2, 0) is 17.6 Å². The molecule has 0 saturated carbocycles. The summed E-state index contributed by atoms with van der Waals surface area (Å²) >= 11 is 4.59. The number of ether oxygens (including phenoxy) is 2. The van der Waals surface area contributed by atoms with Gasteiger partial charge in [0.25, 0.3) is 5.91 Å². The fraction of sp³-hybridized carbons (Fsp3) is 0.400. The summed E-state index contributed by atoms with van der Waals surface area (Å²) in [5, 5.41) is 10.2. The molecule has 5 rings (SSSR count). The van der Waals surface area contributed by atoms with Crippen LogP contribution >= 0.6 is 27.3 Å². The second-order valence-corrected chi connectivity index (χ2v) is 10.9. The average Bonchev–Trinajstić information content (AvgIpc) is 3.56. The molecule has 202 valence electrons. The zero-order valence-corrected chi connectivity index (χ0v) is 22.8. The number of halogens is 4. The van der Waals surface area contributed by atoms with Crippen molar-refractivity contribution >= 4 is 50.0 Å². The average molecular weight is 613 g/mol. The van der Waals surface area contributed by atoms with Gasteiger partial charge in [-0.05, 0) is 65.4 Å². The molecule has 0 saturated heterocycles. The number of rotatable bonds is 6. The van der Waals surface area contributed by atoms with Gasteiger partial charge in [0.05, 0.1) is 29.8 Å². The van der Waals surface area contributed by atoms with Gasteiger partial charge in [-0.25, -0.2) is 9.48 Å². The van der Waals surface area contributed by atoms with Crippen LogP contribution in [0.25, 0.3) is 0 Å². The number of esters is 1. The largest absolute Gasteiger partial charge is 0.497 e. The lowest BCUT2D eigenvalue weighted by molar-refractivity contribution is -0.173. The monoisotopic (exact) mass is 612 g/mol. The second kappa shape index (κ2) is 10.3. The van der Waals surface area contributed by atoms with E-state index in [1.54, 1.807) is 31.2 Å². The lowest BCUT2D eigenvalue weighted by Gasteiger charge is -2.33. The third-order valence-electron chi connectivity index (χ3n) is 6.66. The number of carbonyl (C=O) groups is 2. The minimum Gasteiger partial charge on any atom is -0.497 e. The minimum absolute atomic E-state index is 0.0452. The standard InChI is InChI=1S/C25H24BrF3N4O4S/c1-3-37-24(35)18-14-5-4-6-16(14)38-23(18)31-22(34)20-19(26)21-30-15(12-7-9-13(36-2)10-8-12)11-17(25(27,28)29)33(21)32-20/h7-10,15,17,30H,3-6,11H2,1-2H3,(H,31,34)/t15-,17-/m1/s1. The summed E-state index contributed by atoms with van der Waals surface area (Å²) in [6, 6.07) is 4.12. The van der Waals surface area contributed by atoms with Crippen molar-refractivity contribution in [3.05, 3.63) is 56.0 Å². The number of fused-ring (bicyclic) bond motifs is 2. The number of benzene rings is 1. The van der Waals surface area contributed by atoms with Crippen LogP contribution < -0.4 is 15.4 Å². The van der Waals surface area contributed by atoms with Gasteiger partial charge in [0.15, 0.2) is 11.7 Å². The van der Waals surface area contributed by atoms with Gasteiger partial charge in [0, 0.05) is 11.3 Å². The van der Waals surface area contributed by atoms with E-state index in [2.05, 4.69) is 31.7 Å². The number of nitrogens with zero attached hydrogens (tertiary/aromatic N) is 2. The van der Waals surface area contributed by atoms with Gasteiger partial charge in [-0.3, -0.25) is 4.79 Å². The van der Waals surface area contributed by atoms with Crippen molar-refractivity contribution in [1.29, 1.82) is 0 Å². The highest BCUT2D eigenvalue weighted by molar-refractivity contribution is 9.10. The maximum absolute atomic E-state index is 14.1. The highest BCUT2D eigenvalue weighted by Gasteiger charge is 2.48. The molecule has 0 unspecified atom stereocenters. The van der Waals surface area contributed by atoms with Crippen LogP contribution in [0.5, 0.6) is 5.75 Å². The Labute approximate surface area is 228 Å². The molecule has 0 bridgehead atoms. The van der Waals surface area contributed by atoms with E-state index in [-0.39, 0.29) is 29.0 Å². The van der Waals surface area contributed by atoms with Crippen molar-refractivity contribution < 1.29 is 32.2 Å². The van der Waals surface area contributed by atoms with Crippen molar-refractivity contribution in [2.75, 3.05) is 24.4 Å². The third kappa shape index (κ3) is 4.77. The fourth-order valence-electron chi connectivity index (χ4n) is 4.86. The molecule has 3 heterocycles. The predicted octanol–water partition coefficient (Wildman–Crippen LogP) is 6.29. The number of anilines is 2. The van der Waals surface area contributed by atoms with E-state index in [0.717, 1.165) is 28.0 Å². The molecule has 2 aromatic heterocycles. The van der Waals surface area contributed by atoms with Crippen molar-refractivity contribution in [3.8, 4) is 5.75 Å². The molecule has 0 fully saturated rings. The molecular formula is C25H24BrF3N4O4S. The number of carbonyl (C=O) groups excluding carboxylic acids is 2. The Bertz CT molecular complexity index is 1390. The van der Waals surface area contributed by atoms with E-state index in [9.17, 15) is 22.8 Å². The molecular weight excluding hydrogens is 589 g/mol. The number of thiophene rings is 1. The van der Waals surface area contributed by atoms with Crippen LogP contribution in [0.15, 0.2) is 28.7 Å². The van der Waals surface area contributed by atoms with Crippen LogP contribution in [0.4, 0.5) is 24.0 Å². The molecule has 2 atom stereocenters. The molecule has 3 aromatic rings. The summed E-state index contributed by atoms with van der Waals surface area (Å²) in [6.07, 6.45) is -2.53. The molecule has 1 aliphatic heterocycles. The summed E-state index contributed by atoms with van der Waals surface area (Å²) in [4.78, 5) is 27.0. The quantitative estimate of drug-likeness (QED) is 0.318. The van der Waals surface area contributed by atoms with Gasteiger partial charge >= 0.3 is 12.1 Å². The van der Waals surface area contributed by atoms with Crippen LogP contribution in [0.2, 0.25) is 0 Å². The molecule has 1 aromatic carbocycles. The van der Waals surface area contributed by atoms with Crippen molar-refractivity contribution in [2.24, 2.45) is 0 Å². The van der Waals surface area contributed by atoms with Crippen molar-refractivity contribution in [3.63, 3.8) is 0 Å². The zero-order valence-electron chi connectivity index (χ0n) is 20.4. The first kappa shape index (κ1) is 26.5. The summed E-state index contributed by atoms with van der Waals surface area (Å²) in [7, 11) is 1.51. The molecule has 1 amide bonds. The van der Waals surface area contributed by atoms with Crippen LogP contribution in [-0.4, -0.2) is 41.5 Å². The first-order valence-electron chi connectivity index (χ1n) is 12.0. The third-order valence-corrected chi connectivity index (χ3v) is 8.62. The van der Waals surface area contributed by atoms with Crippen molar-refractivity contribution in [2.45, 2.75) is 50.9 Å². The first-order valence-corrected chi connectivity index (χ1v) is 13.6. The van der Waals surface area contributed by atoms with E-state index < -0.39 is 30.1 Å². The number of methoxy groups -OCH3 is 1. The molecule has 13 heteroatoms.